The van der Waals surface area contributed by atoms with Gasteiger partial charge in [-0.15, -0.1) is 0 Å². The third kappa shape index (κ3) is 3.33. The number of pyridine rings is 1. The number of rotatable bonds is 5. The summed E-state index contributed by atoms with van der Waals surface area (Å²) in [6.45, 7) is 0.965. The fraction of sp³-hybridized carbons (Fsp3) is 0.174. The molecule has 2 aromatic carbocycles. The number of aromatic nitrogens is 2. The van der Waals surface area contributed by atoms with Crippen molar-refractivity contribution in [2.24, 2.45) is 0 Å². The summed E-state index contributed by atoms with van der Waals surface area (Å²) in [5.41, 5.74) is 1.72. The number of nitrogens with one attached hydrogen (secondary N) is 1. The summed E-state index contributed by atoms with van der Waals surface area (Å²) >= 11 is 6.38. The molecule has 1 aliphatic rings. The van der Waals surface area contributed by atoms with Gasteiger partial charge in [0.15, 0.2) is 17.2 Å². The van der Waals surface area contributed by atoms with E-state index in [1.807, 2.05) is 18.2 Å². The number of halogens is 2. The highest BCUT2D eigenvalue weighted by molar-refractivity contribution is 6.33. The van der Waals surface area contributed by atoms with Crippen molar-refractivity contribution in [1.82, 2.24) is 9.38 Å². The van der Waals surface area contributed by atoms with Gasteiger partial charge in [0.25, 0.3) is 0 Å². The largest absolute Gasteiger partial charge is 0.491 e. The Balaban J connectivity index is 1.75. The van der Waals surface area contributed by atoms with Gasteiger partial charge in [-0.1, -0.05) is 17.7 Å². The lowest BCUT2D eigenvalue weighted by molar-refractivity contribution is 0.171. The first-order chi connectivity index (χ1) is 15.6. The SMILES string of the molecule is COc1ccc2nc(-c3c(F)cccc3Cl)c(Nc3ccc4c(c3)OCCO4)n2c1OC. The van der Waals surface area contributed by atoms with Crippen LogP contribution in [0.3, 0.4) is 0 Å². The van der Waals surface area contributed by atoms with Crippen LogP contribution in [0.4, 0.5) is 15.9 Å². The van der Waals surface area contributed by atoms with Crippen LogP contribution < -0.4 is 24.3 Å². The number of ether oxygens (including phenoxy) is 4. The van der Waals surface area contributed by atoms with Crippen molar-refractivity contribution in [2.45, 2.75) is 0 Å². The third-order valence-electron chi connectivity index (χ3n) is 5.12. The van der Waals surface area contributed by atoms with Crippen LogP contribution in [0, 0.1) is 5.82 Å². The van der Waals surface area contributed by atoms with Crippen LogP contribution in [0.5, 0.6) is 23.1 Å². The second kappa shape index (κ2) is 8.12. The van der Waals surface area contributed by atoms with Gasteiger partial charge in [-0.3, -0.25) is 0 Å². The van der Waals surface area contributed by atoms with Gasteiger partial charge in [0.05, 0.1) is 24.8 Å². The lowest BCUT2D eigenvalue weighted by Crippen LogP contribution is -2.15. The van der Waals surface area contributed by atoms with Crippen LogP contribution in [0.15, 0.2) is 48.5 Å². The Morgan fingerprint density at radius 3 is 2.59 bits per heavy atom. The maximum atomic E-state index is 14.9. The zero-order chi connectivity index (χ0) is 22.2. The van der Waals surface area contributed by atoms with Gasteiger partial charge in [0.1, 0.15) is 36.2 Å². The third-order valence-corrected chi connectivity index (χ3v) is 5.43. The standard InChI is InChI=1S/C23H19ClFN3O4/c1-29-17-8-9-19-27-21(20-14(24)4-3-5-15(20)25)22(28(19)23(17)30-2)26-13-6-7-16-18(12-13)32-11-10-31-16/h3-9,12,26H,10-11H2,1-2H3. The minimum Gasteiger partial charge on any atom is -0.491 e. The van der Waals surface area contributed by atoms with E-state index in [1.54, 1.807) is 35.8 Å². The highest BCUT2D eigenvalue weighted by Gasteiger charge is 2.24. The van der Waals surface area contributed by atoms with E-state index in [4.69, 9.17) is 30.5 Å². The highest BCUT2D eigenvalue weighted by Crippen LogP contribution is 2.42. The quantitative estimate of drug-likeness (QED) is 0.439. The van der Waals surface area contributed by atoms with Crippen LogP contribution >= 0.6 is 11.6 Å². The second-order valence-corrected chi connectivity index (χ2v) is 7.40. The summed E-state index contributed by atoms with van der Waals surface area (Å²) in [6, 6.07) is 13.5. The molecule has 0 unspecified atom stereocenters. The van der Waals surface area contributed by atoms with E-state index in [-0.39, 0.29) is 10.6 Å². The molecule has 32 heavy (non-hydrogen) atoms. The Morgan fingerprint density at radius 2 is 1.84 bits per heavy atom. The summed E-state index contributed by atoms with van der Waals surface area (Å²) < 4.78 is 39.0. The topological polar surface area (TPSA) is 66.2 Å². The van der Waals surface area contributed by atoms with Gasteiger partial charge >= 0.3 is 0 Å². The van der Waals surface area contributed by atoms with Gasteiger partial charge in [-0.25, -0.2) is 13.8 Å². The molecule has 0 fully saturated rings. The second-order valence-electron chi connectivity index (χ2n) is 6.99. The maximum absolute atomic E-state index is 14.9. The Labute approximate surface area is 188 Å². The normalized spacial score (nSPS) is 12.6. The van der Waals surface area contributed by atoms with E-state index in [0.717, 1.165) is 0 Å². The lowest BCUT2D eigenvalue weighted by atomic mass is 10.1. The first-order valence-corrected chi connectivity index (χ1v) is 10.2. The summed E-state index contributed by atoms with van der Waals surface area (Å²) in [7, 11) is 3.07. The Morgan fingerprint density at radius 1 is 1.03 bits per heavy atom. The molecule has 0 atom stereocenters. The number of nitrogens with zero attached hydrogens (tertiary/aromatic N) is 2. The monoisotopic (exact) mass is 455 g/mol. The van der Waals surface area contributed by atoms with E-state index in [1.165, 1.54) is 13.2 Å². The van der Waals surface area contributed by atoms with Crippen molar-refractivity contribution >= 4 is 28.8 Å². The van der Waals surface area contributed by atoms with E-state index in [2.05, 4.69) is 10.3 Å². The lowest BCUT2D eigenvalue weighted by Gasteiger charge is -2.19. The maximum Gasteiger partial charge on any atom is 0.244 e. The zero-order valence-electron chi connectivity index (χ0n) is 17.3. The van der Waals surface area contributed by atoms with Crippen molar-refractivity contribution in [3.8, 4) is 34.4 Å². The predicted molar refractivity (Wildman–Crippen MR) is 119 cm³/mol. The van der Waals surface area contributed by atoms with E-state index < -0.39 is 5.82 Å². The number of fused-ring (bicyclic) bond motifs is 2. The zero-order valence-corrected chi connectivity index (χ0v) is 18.1. The van der Waals surface area contributed by atoms with Gasteiger partial charge in [-0.05, 0) is 36.4 Å². The average molecular weight is 456 g/mol. The Hall–Kier alpha value is -3.65. The molecule has 0 bridgehead atoms. The number of methoxy groups -OCH3 is 2. The van der Waals surface area contributed by atoms with Crippen molar-refractivity contribution < 1.29 is 23.3 Å². The van der Waals surface area contributed by atoms with E-state index >= 15 is 0 Å². The van der Waals surface area contributed by atoms with Crippen molar-refractivity contribution in [2.75, 3.05) is 32.8 Å². The van der Waals surface area contributed by atoms with Gasteiger partial charge < -0.3 is 24.3 Å². The minimum atomic E-state index is -0.489. The molecule has 1 N–H and O–H groups in total. The minimum absolute atomic E-state index is 0.180. The highest BCUT2D eigenvalue weighted by atomic mass is 35.5. The van der Waals surface area contributed by atoms with Gasteiger partial charge in [-0.2, -0.15) is 0 Å². The summed E-state index contributed by atoms with van der Waals surface area (Å²) in [6.07, 6.45) is 0. The first kappa shape index (κ1) is 20.3. The summed E-state index contributed by atoms with van der Waals surface area (Å²) in [4.78, 5) is 4.66. The number of anilines is 2. The Kier molecular flexibility index (Phi) is 5.14. The molecule has 0 amide bonds. The van der Waals surface area contributed by atoms with Crippen molar-refractivity contribution in [1.29, 1.82) is 0 Å². The molecule has 2 aromatic heterocycles. The molecule has 0 radical (unpaired) electrons. The summed E-state index contributed by atoms with van der Waals surface area (Å²) in [5, 5.41) is 3.57. The fourth-order valence-electron chi connectivity index (χ4n) is 3.71. The van der Waals surface area contributed by atoms with E-state index in [0.29, 0.717) is 59.2 Å². The fourth-order valence-corrected chi connectivity index (χ4v) is 3.96. The first-order valence-electron chi connectivity index (χ1n) is 9.85. The molecular weight excluding hydrogens is 437 g/mol. The van der Waals surface area contributed by atoms with Crippen molar-refractivity contribution in [3.63, 3.8) is 0 Å². The molecule has 0 spiro atoms. The van der Waals surface area contributed by atoms with Crippen LogP contribution in [-0.2, 0) is 0 Å². The van der Waals surface area contributed by atoms with Gasteiger partial charge in [0.2, 0.25) is 5.88 Å². The number of imidazole rings is 1. The van der Waals surface area contributed by atoms with Crippen LogP contribution in [-0.4, -0.2) is 36.8 Å². The number of benzene rings is 2. The number of hydrogen-bond acceptors (Lipinski definition) is 6. The van der Waals surface area contributed by atoms with Crippen LogP contribution in [0.1, 0.15) is 0 Å². The molecule has 5 rings (SSSR count). The molecule has 3 heterocycles. The summed E-state index contributed by atoms with van der Waals surface area (Å²) in [5.74, 6) is 2.14. The van der Waals surface area contributed by atoms with Crippen LogP contribution in [0.2, 0.25) is 5.02 Å². The van der Waals surface area contributed by atoms with E-state index in [9.17, 15) is 4.39 Å². The molecule has 0 saturated heterocycles. The molecule has 4 aromatic rings. The molecule has 9 heteroatoms. The molecule has 164 valence electrons. The predicted octanol–water partition coefficient (Wildman–Crippen LogP) is 5.33. The number of hydrogen-bond donors (Lipinski definition) is 1. The van der Waals surface area contributed by atoms with Crippen LogP contribution in [0.25, 0.3) is 16.9 Å². The van der Waals surface area contributed by atoms with Crippen molar-refractivity contribution in [3.05, 3.63) is 59.4 Å². The Bertz CT molecular complexity index is 1300. The molecule has 0 saturated carbocycles. The molecule has 1 aliphatic heterocycles. The molecular formula is C23H19ClFN3O4. The molecule has 0 aliphatic carbocycles. The smallest absolute Gasteiger partial charge is 0.244 e. The average Bonchev–Trinajstić information content (AvgIpc) is 3.16. The molecule has 7 nitrogen and oxygen atoms in total. The van der Waals surface area contributed by atoms with Gasteiger partial charge in [0, 0.05) is 11.8 Å².